The molecule has 0 radical (unpaired) electrons. The van der Waals surface area contributed by atoms with Gasteiger partial charge in [-0.25, -0.2) is 4.98 Å². The zero-order chi connectivity index (χ0) is 17.1. The highest BCUT2D eigenvalue weighted by Crippen LogP contribution is 2.24. The molecule has 0 spiro atoms. The van der Waals surface area contributed by atoms with Crippen molar-refractivity contribution in [1.82, 2.24) is 15.2 Å². The van der Waals surface area contributed by atoms with Crippen LogP contribution in [-0.2, 0) is 6.61 Å². The number of ether oxygens (including phenoxy) is 1. The number of anilines is 1. The van der Waals surface area contributed by atoms with Crippen molar-refractivity contribution < 1.29 is 9.53 Å². The number of carbonyl (C=O) groups is 1. The van der Waals surface area contributed by atoms with E-state index in [1.54, 1.807) is 24.6 Å². The molecule has 0 aliphatic heterocycles. The van der Waals surface area contributed by atoms with Gasteiger partial charge in [-0.05, 0) is 37.6 Å². The maximum absolute atomic E-state index is 12.2. The molecule has 0 saturated carbocycles. The first-order chi connectivity index (χ1) is 11.5. The van der Waals surface area contributed by atoms with Crippen LogP contribution in [0, 0.1) is 13.8 Å². The molecule has 3 rings (SSSR count). The third-order valence-corrected chi connectivity index (χ3v) is 5.28. The maximum atomic E-state index is 12.2. The number of carbonyl (C=O) groups excluding carboxylic acids is 1. The van der Waals surface area contributed by atoms with Crippen LogP contribution in [0.25, 0.3) is 0 Å². The Bertz CT molecular complexity index is 864. The van der Waals surface area contributed by atoms with Crippen LogP contribution in [0.1, 0.15) is 25.9 Å². The van der Waals surface area contributed by atoms with Gasteiger partial charge in [0, 0.05) is 5.02 Å². The molecule has 2 heterocycles. The summed E-state index contributed by atoms with van der Waals surface area (Å²) in [7, 11) is 0. The quantitative estimate of drug-likeness (QED) is 0.721. The van der Waals surface area contributed by atoms with E-state index in [4.69, 9.17) is 16.3 Å². The molecule has 2 aromatic heterocycles. The van der Waals surface area contributed by atoms with Crippen LogP contribution >= 0.6 is 34.3 Å². The van der Waals surface area contributed by atoms with Crippen LogP contribution in [0.3, 0.4) is 0 Å². The Labute approximate surface area is 151 Å². The van der Waals surface area contributed by atoms with E-state index in [0.717, 1.165) is 10.6 Å². The summed E-state index contributed by atoms with van der Waals surface area (Å²) in [6.07, 6.45) is 0. The average Bonchev–Trinajstić information content (AvgIpc) is 3.18. The normalized spacial score (nSPS) is 10.6. The lowest BCUT2D eigenvalue weighted by Crippen LogP contribution is -2.11. The zero-order valence-corrected chi connectivity index (χ0v) is 15.3. The number of amides is 1. The summed E-state index contributed by atoms with van der Waals surface area (Å²) in [6, 6.07) is 5.46. The maximum Gasteiger partial charge on any atom is 0.269 e. The zero-order valence-electron chi connectivity index (χ0n) is 12.9. The summed E-state index contributed by atoms with van der Waals surface area (Å²) in [5.41, 5.74) is 3.16. The number of nitrogens with zero attached hydrogens (tertiary/aromatic N) is 3. The molecule has 24 heavy (non-hydrogen) atoms. The average molecular weight is 381 g/mol. The highest BCUT2D eigenvalue weighted by Gasteiger charge is 2.17. The molecule has 0 unspecified atom stereocenters. The number of thiazole rings is 1. The van der Waals surface area contributed by atoms with Gasteiger partial charge in [-0.3, -0.25) is 10.1 Å². The first kappa shape index (κ1) is 16.8. The van der Waals surface area contributed by atoms with Crippen molar-refractivity contribution in [2.45, 2.75) is 20.5 Å². The van der Waals surface area contributed by atoms with Gasteiger partial charge >= 0.3 is 0 Å². The van der Waals surface area contributed by atoms with Crippen molar-refractivity contribution in [3.8, 4) is 5.75 Å². The number of rotatable bonds is 5. The number of hydrogen-bond acceptors (Lipinski definition) is 7. The van der Waals surface area contributed by atoms with Crippen LogP contribution in [0.4, 0.5) is 5.13 Å². The molecule has 0 saturated heterocycles. The Morgan fingerprint density at radius 2 is 2.21 bits per heavy atom. The van der Waals surface area contributed by atoms with Crippen LogP contribution in [0.2, 0.25) is 5.02 Å². The second-order valence-corrected chi connectivity index (χ2v) is 7.24. The second-order valence-electron chi connectivity index (χ2n) is 4.92. The molecule has 124 valence electrons. The van der Waals surface area contributed by atoms with Crippen LogP contribution in [0.5, 0.6) is 5.75 Å². The standard InChI is InChI=1S/C15H13ClN4O2S2/c1-8-5-10(3-4-11(8)16)22-6-12-18-9(2)13(24-12)14(21)19-15-20-17-7-23-15/h3-5,7H,6H2,1-2H3,(H,19,20,21). The summed E-state index contributed by atoms with van der Waals surface area (Å²) in [4.78, 5) is 17.2. The van der Waals surface area contributed by atoms with E-state index in [0.29, 0.717) is 33.1 Å². The number of aromatic nitrogens is 3. The lowest BCUT2D eigenvalue weighted by Gasteiger charge is -2.05. The minimum Gasteiger partial charge on any atom is -0.486 e. The molecule has 1 amide bonds. The third-order valence-electron chi connectivity index (χ3n) is 3.12. The Balaban J connectivity index is 1.67. The Morgan fingerprint density at radius 1 is 1.38 bits per heavy atom. The van der Waals surface area contributed by atoms with Crippen molar-refractivity contribution in [2.75, 3.05) is 5.32 Å². The van der Waals surface area contributed by atoms with Crippen molar-refractivity contribution in [2.24, 2.45) is 0 Å². The van der Waals surface area contributed by atoms with Crippen molar-refractivity contribution in [1.29, 1.82) is 0 Å². The molecule has 1 N–H and O–H groups in total. The fraction of sp³-hybridized carbons (Fsp3) is 0.200. The summed E-state index contributed by atoms with van der Waals surface area (Å²) in [6.45, 7) is 4.00. The monoisotopic (exact) mass is 380 g/mol. The molecular formula is C15H13ClN4O2S2. The Kier molecular flexibility index (Phi) is 5.08. The number of benzene rings is 1. The summed E-state index contributed by atoms with van der Waals surface area (Å²) >= 11 is 8.56. The van der Waals surface area contributed by atoms with Crippen molar-refractivity contribution in [3.05, 3.63) is 49.9 Å². The van der Waals surface area contributed by atoms with Gasteiger partial charge < -0.3 is 4.74 Å². The SMILES string of the molecule is Cc1cc(OCc2nc(C)c(C(=O)Nc3nncs3)s2)ccc1Cl. The van der Waals surface area contributed by atoms with Crippen molar-refractivity contribution in [3.63, 3.8) is 0 Å². The molecule has 9 heteroatoms. The van der Waals surface area contributed by atoms with E-state index in [1.165, 1.54) is 22.7 Å². The molecule has 0 bridgehead atoms. The molecule has 0 atom stereocenters. The number of hydrogen-bond donors (Lipinski definition) is 1. The molecule has 0 aliphatic carbocycles. The van der Waals surface area contributed by atoms with Gasteiger partial charge in [0.05, 0.1) is 5.69 Å². The minimum atomic E-state index is -0.240. The van der Waals surface area contributed by atoms with Crippen molar-refractivity contribution >= 4 is 45.3 Å². The number of nitrogens with one attached hydrogen (secondary N) is 1. The highest BCUT2D eigenvalue weighted by molar-refractivity contribution is 7.15. The molecule has 0 aliphatic rings. The molecule has 0 fully saturated rings. The summed E-state index contributed by atoms with van der Waals surface area (Å²) in [5.74, 6) is 0.472. The largest absolute Gasteiger partial charge is 0.486 e. The van der Waals surface area contributed by atoms with E-state index in [1.807, 2.05) is 13.0 Å². The topological polar surface area (TPSA) is 77.0 Å². The van der Waals surface area contributed by atoms with Gasteiger partial charge in [0.15, 0.2) is 0 Å². The van der Waals surface area contributed by atoms with Gasteiger partial charge in [-0.2, -0.15) is 0 Å². The van der Waals surface area contributed by atoms with E-state index in [-0.39, 0.29) is 5.91 Å². The van der Waals surface area contributed by atoms with Gasteiger partial charge in [-0.15, -0.1) is 21.5 Å². The molecular weight excluding hydrogens is 368 g/mol. The van der Waals surface area contributed by atoms with E-state index in [9.17, 15) is 4.79 Å². The predicted octanol–water partition coefficient (Wildman–Crippen LogP) is 4.10. The molecule has 1 aromatic carbocycles. The first-order valence-electron chi connectivity index (χ1n) is 6.95. The molecule has 3 aromatic rings. The van der Waals surface area contributed by atoms with Crippen LogP contribution < -0.4 is 10.1 Å². The van der Waals surface area contributed by atoms with E-state index in [2.05, 4.69) is 20.5 Å². The second kappa shape index (κ2) is 7.25. The summed E-state index contributed by atoms with van der Waals surface area (Å²) < 4.78 is 5.72. The predicted molar refractivity (Wildman–Crippen MR) is 95.2 cm³/mol. The number of aryl methyl sites for hydroxylation is 2. The van der Waals surface area contributed by atoms with E-state index < -0.39 is 0 Å². The highest BCUT2D eigenvalue weighted by atomic mass is 35.5. The third kappa shape index (κ3) is 3.89. The fourth-order valence-electron chi connectivity index (χ4n) is 1.96. The fourth-order valence-corrected chi connectivity index (χ4v) is 3.39. The lowest BCUT2D eigenvalue weighted by molar-refractivity contribution is 0.102. The van der Waals surface area contributed by atoms with Crippen LogP contribution in [0.15, 0.2) is 23.7 Å². The summed E-state index contributed by atoms with van der Waals surface area (Å²) in [5, 5.41) is 12.1. The Morgan fingerprint density at radius 3 is 2.92 bits per heavy atom. The minimum absolute atomic E-state index is 0.240. The van der Waals surface area contributed by atoms with Gasteiger partial charge in [0.25, 0.3) is 5.91 Å². The van der Waals surface area contributed by atoms with E-state index >= 15 is 0 Å². The smallest absolute Gasteiger partial charge is 0.269 e. The Hall–Kier alpha value is -2.03. The van der Waals surface area contributed by atoms with Crippen LogP contribution in [-0.4, -0.2) is 21.1 Å². The molecule has 6 nitrogen and oxygen atoms in total. The first-order valence-corrected chi connectivity index (χ1v) is 9.03. The lowest BCUT2D eigenvalue weighted by atomic mass is 10.2. The van der Waals surface area contributed by atoms with Gasteiger partial charge in [0.1, 0.15) is 27.8 Å². The van der Waals surface area contributed by atoms with Gasteiger partial charge in [-0.1, -0.05) is 22.9 Å². The number of halogens is 1. The van der Waals surface area contributed by atoms with Gasteiger partial charge in [0.2, 0.25) is 5.13 Å².